The first-order chi connectivity index (χ1) is 9.65. The summed E-state index contributed by atoms with van der Waals surface area (Å²) < 4.78 is 5.76. The average molecular weight is 279 g/mol. The van der Waals surface area contributed by atoms with E-state index in [1.165, 1.54) is 12.8 Å². The van der Waals surface area contributed by atoms with Gasteiger partial charge in [-0.3, -0.25) is 4.90 Å². The maximum absolute atomic E-state index is 9.52. The highest BCUT2D eigenvalue weighted by molar-refractivity contribution is 5.13. The fourth-order valence-electron chi connectivity index (χ4n) is 3.89. The third-order valence-corrected chi connectivity index (χ3v) is 5.28. The molecule has 0 amide bonds. The van der Waals surface area contributed by atoms with Crippen molar-refractivity contribution in [1.82, 2.24) is 10.2 Å². The van der Waals surface area contributed by atoms with Gasteiger partial charge in [-0.2, -0.15) is 5.26 Å². The Bertz CT molecular complexity index is 354. The highest BCUT2D eigenvalue weighted by Gasteiger charge is 2.42. The summed E-state index contributed by atoms with van der Waals surface area (Å²) in [4.78, 5) is 2.57. The van der Waals surface area contributed by atoms with Gasteiger partial charge in [-0.15, -0.1) is 0 Å². The molecule has 0 aromatic heterocycles. The molecule has 1 aliphatic carbocycles. The maximum atomic E-state index is 9.52. The molecule has 1 heterocycles. The molecule has 114 valence electrons. The van der Waals surface area contributed by atoms with E-state index < -0.39 is 0 Å². The summed E-state index contributed by atoms with van der Waals surface area (Å²) in [6.45, 7) is 7.38. The van der Waals surface area contributed by atoms with Crippen molar-refractivity contribution in [2.24, 2.45) is 5.92 Å². The summed E-state index contributed by atoms with van der Waals surface area (Å²) in [7, 11) is 1.94. The Kier molecular flexibility index (Phi) is 5.42. The fraction of sp³-hybridized carbons (Fsp3) is 0.938. The minimum absolute atomic E-state index is 0.278. The van der Waals surface area contributed by atoms with Crippen LogP contribution in [0.3, 0.4) is 0 Å². The van der Waals surface area contributed by atoms with E-state index in [-0.39, 0.29) is 5.54 Å². The van der Waals surface area contributed by atoms with Crippen LogP contribution in [0.25, 0.3) is 0 Å². The molecule has 1 saturated heterocycles. The lowest BCUT2D eigenvalue weighted by Crippen LogP contribution is -2.50. The van der Waals surface area contributed by atoms with Crippen LogP contribution in [0.1, 0.15) is 46.0 Å². The van der Waals surface area contributed by atoms with Crippen molar-refractivity contribution in [2.45, 2.75) is 63.6 Å². The van der Waals surface area contributed by atoms with Gasteiger partial charge in [0, 0.05) is 12.6 Å². The van der Waals surface area contributed by atoms with Gasteiger partial charge in [0.1, 0.15) is 5.54 Å². The third kappa shape index (κ3) is 3.16. The molecule has 4 heteroatoms. The van der Waals surface area contributed by atoms with Gasteiger partial charge < -0.3 is 10.1 Å². The summed E-state index contributed by atoms with van der Waals surface area (Å²) in [6, 6.07) is 3.10. The van der Waals surface area contributed by atoms with E-state index in [0.717, 1.165) is 39.0 Å². The van der Waals surface area contributed by atoms with Gasteiger partial charge in [0.15, 0.2) is 0 Å². The van der Waals surface area contributed by atoms with Gasteiger partial charge in [-0.05, 0) is 52.1 Å². The van der Waals surface area contributed by atoms with E-state index in [1.54, 1.807) is 0 Å². The highest BCUT2D eigenvalue weighted by Crippen LogP contribution is 2.37. The lowest BCUT2D eigenvalue weighted by atomic mass is 9.86. The van der Waals surface area contributed by atoms with Crippen molar-refractivity contribution >= 4 is 0 Å². The molecular weight excluding hydrogens is 250 g/mol. The molecule has 0 radical (unpaired) electrons. The van der Waals surface area contributed by atoms with E-state index in [9.17, 15) is 5.26 Å². The summed E-state index contributed by atoms with van der Waals surface area (Å²) in [5, 5.41) is 12.8. The lowest BCUT2D eigenvalue weighted by molar-refractivity contribution is -0.0576. The topological polar surface area (TPSA) is 48.3 Å². The largest absolute Gasteiger partial charge is 0.376 e. The number of hydrogen-bond acceptors (Lipinski definition) is 4. The highest BCUT2D eigenvalue weighted by atomic mass is 16.5. The molecule has 0 bridgehead atoms. The van der Waals surface area contributed by atoms with Gasteiger partial charge in [0.05, 0.1) is 18.8 Å². The van der Waals surface area contributed by atoms with Crippen LogP contribution in [0.5, 0.6) is 0 Å². The van der Waals surface area contributed by atoms with E-state index >= 15 is 0 Å². The van der Waals surface area contributed by atoms with E-state index in [2.05, 4.69) is 30.1 Å². The van der Waals surface area contributed by atoms with Crippen molar-refractivity contribution in [3.05, 3.63) is 0 Å². The zero-order valence-corrected chi connectivity index (χ0v) is 13.2. The average Bonchev–Trinajstić information content (AvgIpc) is 2.88. The molecular formula is C16H29N3O. The predicted molar refractivity (Wildman–Crippen MR) is 80.4 cm³/mol. The van der Waals surface area contributed by atoms with E-state index in [1.807, 2.05) is 7.05 Å². The second kappa shape index (κ2) is 6.89. The van der Waals surface area contributed by atoms with Crippen molar-refractivity contribution in [1.29, 1.82) is 5.26 Å². The standard InChI is InChI=1S/C16H29N3O/c1-4-15-11-20-13(2)10-19(15)9-7-14-6-5-8-16(14,12-17)18-3/h13-15,18H,4-11H2,1-3H3. The number of ether oxygens (including phenoxy) is 1. The van der Waals surface area contributed by atoms with Crippen LogP contribution >= 0.6 is 0 Å². The second-order valence-corrected chi connectivity index (χ2v) is 6.41. The minimum atomic E-state index is -0.278. The quantitative estimate of drug-likeness (QED) is 0.838. The molecule has 2 rings (SSSR count). The van der Waals surface area contributed by atoms with Gasteiger partial charge >= 0.3 is 0 Å². The number of nitriles is 1. The summed E-state index contributed by atoms with van der Waals surface area (Å²) in [5.41, 5.74) is -0.278. The molecule has 0 aromatic rings. The zero-order valence-electron chi connectivity index (χ0n) is 13.2. The van der Waals surface area contributed by atoms with Crippen molar-refractivity contribution in [2.75, 3.05) is 26.7 Å². The molecule has 4 atom stereocenters. The van der Waals surface area contributed by atoms with Crippen molar-refractivity contribution in [3.8, 4) is 6.07 Å². The van der Waals surface area contributed by atoms with Gasteiger partial charge in [0.2, 0.25) is 0 Å². The number of hydrogen-bond donors (Lipinski definition) is 1. The Labute approximate surface area is 123 Å². The van der Waals surface area contributed by atoms with Crippen LogP contribution < -0.4 is 5.32 Å². The third-order valence-electron chi connectivity index (χ3n) is 5.28. The maximum Gasteiger partial charge on any atom is 0.109 e. The number of nitrogens with one attached hydrogen (secondary N) is 1. The molecule has 2 fully saturated rings. The lowest BCUT2D eigenvalue weighted by Gasteiger charge is -2.39. The smallest absolute Gasteiger partial charge is 0.109 e. The Morgan fingerprint density at radius 1 is 1.50 bits per heavy atom. The van der Waals surface area contributed by atoms with Gasteiger partial charge in [-0.1, -0.05) is 13.3 Å². The Morgan fingerprint density at radius 3 is 2.95 bits per heavy atom. The van der Waals surface area contributed by atoms with E-state index in [0.29, 0.717) is 18.1 Å². The van der Waals surface area contributed by atoms with Gasteiger partial charge in [-0.25, -0.2) is 0 Å². The van der Waals surface area contributed by atoms with Gasteiger partial charge in [0.25, 0.3) is 0 Å². The normalized spacial score (nSPS) is 38.8. The van der Waals surface area contributed by atoms with Crippen molar-refractivity contribution < 1.29 is 4.74 Å². The fourth-order valence-corrected chi connectivity index (χ4v) is 3.89. The SMILES string of the molecule is CCC1COC(C)CN1CCC1CCCC1(C#N)NC. The Morgan fingerprint density at radius 2 is 2.30 bits per heavy atom. The van der Waals surface area contributed by atoms with Crippen LogP contribution in [0.15, 0.2) is 0 Å². The summed E-state index contributed by atoms with van der Waals surface area (Å²) >= 11 is 0. The molecule has 1 saturated carbocycles. The number of rotatable bonds is 5. The molecule has 0 spiro atoms. The van der Waals surface area contributed by atoms with Crippen LogP contribution in [0.4, 0.5) is 0 Å². The molecule has 4 unspecified atom stereocenters. The molecule has 20 heavy (non-hydrogen) atoms. The molecule has 1 N–H and O–H groups in total. The predicted octanol–water partition coefficient (Wildman–Crippen LogP) is 2.16. The molecule has 4 nitrogen and oxygen atoms in total. The Balaban J connectivity index is 1.92. The Hall–Kier alpha value is -0.630. The summed E-state index contributed by atoms with van der Waals surface area (Å²) in [6.07, 6.45) is 5.97. The first-order valence-corrected chi connectivity index (χ1v) is 8.11. The van der Waals surface area contributed by atoms with Crippen LogP contribution in [0, 0.1) is 17.2 Å². The number of morpholine rings is 1. The molecule has 2 aliphatic rings. The monoisotopic (exact) mass is 279 g/mol. The van der Waals surface area contributed by atoms with Crippen LogP contribution in [-0.2, 0) is 4.74 Å². The minimum Gasteiger partial charge on any atom is -0.376 e. The first kappa shape index (κ1) is 15.8. The van der Waals surface area contributed by atoms with E-state index in [4.69, 9.17) is 4.74 Å². The van der Waals surface area contributed by atoms with Crippen LogP contribution in [-0.4, -0.2) is 49.3 Å². The van der Waals surface area contributed by atoms with Crippen LogP contribution in [0.2, 0.25) is 0 Å². The number of nitrogens with zero attached hydrogens (tertiary/aromatic N) is 2. The second-order valence-electron chi connectivity index (χ2n) is 6.41. The van der Waals surface area contributed by atoms with Crippen molar-refractivity contribution in [3.63, 3.8) is 0 Å². The molecule has 1 aliphatic heterocycles. The summed E-state index contributed by atoms with van der Waals surface area (Å²) in [5.74, 6) is 0.494. The first-order valence-electron chi connectivity index (χ1n) is 8.11. The zero-order chi connectivity index (χ0) is 14.6. The molecule has 0 aromatic carbocycles.